The molecule has 0 fully saturated rings. The van der Waals surface area contributed by atoms with E-state index >= 15 is 0 Å². The Hall–Kier alpha value is -0.830. The summed E-state index contributed by atoms with van der Waals surface area (Å²) >= 11 is 0. The standard InChI is InChI=1S/C6H8FNO/c1-4(8)5-2-3-9-6(5)7/h2-4H,8H2,1H3/t4-/m1/s1. The zero-order chi connectivity index (χ0) is 6.85. The van der Waals surface area contributed by atoms with Gasteiger partial charge in [0.15, 0.2) is 0 Å². The van der Waals surface area contributed by atoms with Crippen molar-refractivity contribution < 1.29 is 8.81 Å². The first kappa shape index (κ1) is 6.29. The fraction of sp³-hybridized carbons (Fsp3) is 0.333. The van der Waals surface area contributed by atoms with Gasteiger partial charge in [0.1, 0.15) is 0 Å². The van der Waals surface area contributed by atoms with Crippen LogP contribution in [0, 0.1) is 6.01 Å². The van der Waals surface area contributed by atoms with Gasteiger partial charge in [0.25, 0.3) is 6.01 Å². The van der Waals surface area contributed by atoms with Crippen LogP contribution in [-0.4, -0.2) is 0 Å². The van der Waals surface area contributed by atoms with Crippen LogP contribution in [-0.2, 0) is 0 Å². The number of hydrogen-bond acceptors (Lipinski definition) is 2. The Morgan fingerprint density at radius 1 is 1.78 bits per heavy atom. The predicted molar refractivity (Wildman–Crippen MR) is 31.3 cm³/mol. The Morgan fingerprint density at radius 3 is 2.67 bits per heavy atom. The molecule has 1 atom stereocenters. The van der Waals surface area contributed by atoms with Gasteiger partial charge in [-0.3, -0.25) is 0 Å². The van der Waals surface area contributed by atoms with Gasteiger partial charge in [0.05, 0.1) is 6.26 Å². The first-order valence-corrected chi connectivity index (χ1v) is 2.70. The van der Waals surface area contributed by atoms with Crippen molar-refractivity contribution in [3.8, 4) is 0 Å². The molecular weight excluding hydrogens is 121 g/mol. The molecule has 0 saturated carbocycles. The van der Waals surface area contributed by atoms with Crippen molar-refractivity contribution in [3.05, 3.63) is 23.9 Å². The summed E-state index contributed by atoms with van der Waals surface area (Å²) in [4.78, 5) is 0. The maximum Gasteiger partial charge on any atom is 0.282 e. The van der Waals surface area contributed by atoms with Crippen LogP contribution in [0.1, 0.15) is 18.5 Å². The van der Waals surface area contributed by atoms with Crippen LogP contribution in [0.5, 0.6) is 0 Å². The molecule has 0 aliphatic carbocycles. The molecule has 9 heavy (non-hydrogen) atoms. The first-order valence-electron chi connectivity index (χ1n) is 2.70. The maximum atomic E-state index is 12.4. The van der Waals surface area contributed by atoms with Gasteiger partial charge in [-0.15, -0.1) is 0 Å². The number of rotatable bonds is 1. The zero-order valence-corrected chi connectivity index (χ0v) is 5.10. The highest BCUT2D eigenvalue weighted by molar-refractivity contribution is 5.11. The van der Waals surface area contributed by atoms with E-state index in [0.717, 1.165) is 0 Å². The van der Waals surface area contributed by atoms with Gasteiger partial charge in [-0.2, -0.15) is 4.39 Å². The average Bonchev–Trinajstić information content (AvgIpc) is 2.13. The summed E-state index contributed by atoms with van der Waals surface area (Å²) in [5, 5.41) is 0. The van der Waals surface area contributed by atoms with E-state index in [2.05, 4.69) is 4.42 Å². The molecule has 0 aliphatic rings. The Labute approximate surface area is 52.5 Å². The lowest BCUT2D eigenvalue weighted by Crippen LogP contribution is -2.04. The molecule has 0 aliphatic heterocycles. The molecular formula is C6H8FNO. The predicted octanol–water partition coefficient (Wildman–Crippen LogP) is 1.44. The highest BCUT2D eigenvalue weighted by atomic mass is 19.1. The fourth-order valence-electron chi connectivity index (χ4n) is 0.631. The number of furan rings is 1. The maximum absolute atomic E-state index is 12.4. The van der Waals surface area contributed by atoms with Gasteiger partial charge >= 0.3 is 0 Å². The first-order chi connectivity index (χ1) is 4.22. The van der Waals surface area contributed by atoms with E-state index in [-0.39, 0.29) is 6.04 Å². The van der Waals surface area contributed by atoms with Gasteiger partial charge in [0, 0.05) is 11.6 Å². The molecule has 50 valence electrons. The van der Waals surface area contributed by atoms with Crippen molar-refractivity contribution >= 4 is 0 Å². The van der Waals surface area contributed by atoms with Gasteiger partial charge in [0.2, 0.25) is 0 Å². The van der Waals surface area contributed by atoms with Crippen LogP contribution < -0.4 is 5.73 Å². The van der Waals surface area contributed by atoms with Crippen LogP contribution in [0.25, 0.3) is 0 Å². The molecule has 0 spiro atoms. The van der Waals surface area contributed by atoms with E-state index in [9.17, 15) is 4.39 Å². The third kappa shape index (κ3) is 1.10. The number of halogens is 1. The lowest BCUT2D eigenvalue weighted by atomic mass is 10.2. The average molecular weight is 129 g/mol. The third-order valence-electron chi connectivity index (χ3n) is 1.14. The van der Waals surface area contributed by atoms with Crippen molar-refractivity contribution in [1.82, 2.24) is 0 Å². The highest BCUT2D eigenvalue weighted by Crippen LogP contribution is 2.14. The van der Waals surface area contributed by atoms with Gasteiger partial charge < -0.3 is 10.2 Å². The lowest BCUT2D eigenvalue weighted by molar-refractivity contribution is 0.349. The topological polar surface area (TPSA) is 39.2 Å². The molecule has 1 heterocycles. The normalized spacial score (nSPS) is 13.7. The second-order valence-electron chi connectivity index (χ2n) is 1.94. The third-order valence-corrected chi connectivity index (χ3v) is 1.14. The van der Waals surface area contributed by atoms with E-state index in [1.54, 1.807) is 6.92 Å². The summed E-state index contributed by atoms with van der Waals surface area (Å²) in [6.45, 7) is 1.70. The van der Waals surface area contributed by atoms with E-state index < -0.39 is 6.01 Å². The minimum absolute atomic E-state index is 0.288. The zero-order valence-electron chi connectivity index (χ0n) is 5.10. The molecule has 0 aromatic carbocycles. The fourth-order valence-corrected chi connectivity index (χ4v) is 0.631. The van der Waals surface area contributed by atoms with E-state index in [1.807, 2.05) is 0 Å². The van der Waals surface area contributed by atoms with Crippen molar-refractivity contribution in [2.24, 2.45) is 5.73 Å². The smallest absolute Gasteiger partial charge is 0.282 e. The van der Waals surface area contributed by atoms with E-state index in [0.29, 0.717) is 5.56 Å². The second-order valence-corrected chi connectivity index (χ2v) is 1.94. The monoisotopic (exact) mass is 129 g/mol. The van der Waals surface area contributed by atoms with Crippen molar-refractivity contribution in [2.75, 3.05) is 0 Å². The molecule has 1 aromatic heterocycles. The van der Waals surface area contributed by atoms with Gasteiger partial charge in [-0.05, 0) is 13.0 Å². The van der Waals surface area contributed by atoms with Crippen LogP contribution in [0.3, 0.4) is 0 Å². The summed E-state index contributed by atoms with van der Waals surface area (Å²) in [5.74, 6) is 0. The summed E-state index contributed by atoms with van der Waals surface area (Å²) in [6.07, 6.45) is 1.29. The Morgan fingerprint density at radius 2 is 2.44 bits per heavy atom. The molecule has 0 amide bonds. The minimum Gasteiger partial charge on any atom is -0.439 e. The van der Waals surface area contributed by atoms with Gasteiger partial charge in [-0.1, -0.05) is 0 Å². The molecule has 0 saturated heterocycles. The summed E-state index contributed by atoms with van der Waals surface area (Å²) in [7, 11) is 0. The molecule has 2 nitrogen and oxygen atoms in total. The Bertz CT molecular complexity index is 195. The molecule has 0 unspecified atom stereocenters. The van der Waals surface area contributed by atoms with Crippen molar-refractivity contribution in [3.63, 3.8) is 0 Å². The van der Waals surface area contributed by atoms with E-state index in [4.69, 9.17) is 5.73 Å². The summed E-state index contributed by atoms with van der Waals surface area (Å²) in [5.41, 5.74) is 5.78. The number of hydrogen-bond donors (Lipinski definition) is 1. The van der Waals surface area contributed by atoms with Crippen molar-refractivity contribution in [1.29, 1.82) is 0 Å². The largest absolute Gasteiger partial charge is 0.439 e. The van der Waals surface area contributed by atoms with Crippen LogP contribution in [0.15, 0.2) is 16.7 Å². The molecule has 3 heteroatoms. The van der Waals surface area contributed by atoms with Crippen molar-refractivity contribution in [2.45, 2.75) is 13.0 Å². The minimum atomic E-state index is -0.579. The second kappa shape index (κ2) is 2.19. The molecule has 1 rings (SSSR count). The molecule has 2 N–H and O–H groups in total. The SMILES string of the molecule is C[C@@H](N)c1ccoc1F. The lowest BCUT2D eigenvalue weighted by Gasteiger charge is -1.97. The highest BCUT2D eigenvalue weighted by Gasteiger charge is 2.07. The molecule has 1 aromatic rings. The number of nitrogens with two attached hydrogens (primary N) is 1. The van der Waals surface area contributed by atoms with Crippen LogP contribution in [0.4, 0.5) is 4.39 Å². The summed E-state index contributed by atoms with van der Waals surface area (Å²) in [6, 6.07) is 0.661. The summed E-state index contributed by atoms with van der Waals surface area (Å²) < 4.78 is 16.7. The van der Waals surface area contributed by atoms with Crippen LogP contribution in [0.2, 0.25) is 0 Å². The molecule has 0 bridgehead atoms. The Balaban J connectivity index is 2.94. The van der Waals surface area contributed by atoms with Gasteiger partial charge in [-0.25, -0.2) is 0 Å². The van der Waals surface area contributed by atoms with E-state index in [1.165, 1.54) is 12.3 Å². The quantitative estimate of drug-likeness (QED) is 0.623. The van der Waals surface area contributed by atoms with Crippen LogP contribution >= 0.6 is 0 Å². The molecule has 0 radical (unpaired) electrons. The Kier molecular flexibility index (Phi) is 1.53.